The summed E-state index contributed by atoms with van der Waals surface area (Å²) in [7, 11) is 1.31. The summed E-state index contributed by atoms with van der Waals surface area (Å²) in [6.45, 7) is 0. The number of esters is 1. The Hall–Kier alpha value is -4.10. The van der Waals surface area contributed by atoms with Crippen LogP contribution in [0, 0.1) is 5.92 Å². The minimum Gasteiger partial charge on any atom is -0.467 e. The van der Waals surface area contributed by atoms with E-state index in [1.165, 1.54) is 7.11 Å². The number of carbonyl (C=O) groups excluding carboxylic acids is 3. The van der Waals surface area contributed by atoms with E-state index in [1.54, 1.807) is 36.1 Å². The number of hydrogen-bond donors (Lipinski definition) is 2. The van der Waals surface area contributed by atoms with Crippen LogP contribution in [0.15, 0.2) is 115 Å². The van der Waals surface area contributed by atoms with E-state index in [-0.39, 0.29) is 23.3 Å². The Kier molecular flexibility index (Phi) is 10.1. The Labute approximate surface area is 233 Å². The van der Waals surface area contributed by atoms with Crippen molar-refractivity contribution in [3.63, 3.8) is 0 Å². The fraction of sp³-hybridized carbons (Fsp3) is 0.219. The normalized spacial score (nSPS) is 14.1. The first-order valence-electron chi connectivity index (χ1n) is 12.8. The second-order valence-corrected chi connectivity index (χ2v) is 10.3. The summed E-state index contributed by atoms with van der Waals surface area (Å²) in [4.78, 5) is 39.2. The molecule has 3 aromatic rings. The monoisotopic (exact) mass is 540 g/mol. The summed E-state index contributed by atoms with van der Waals surface area (Å²) in [5.74, 6) is -1.39. The van der Waals surface area contributed by atoms with Crippen molar-refractivity contribution in [2.75, 3.05) is 12.9 Å². The Bertz CT molecular complexity index is 1240. The zero-order valence-electron chi connectivity index (χ0n) is 21.7. The lowest BCUT2D eigenvalue weighted by Gasteiger charge is -2.25. The Morgan fingerprint density at radius 3 is 1.85 bits per heavy atom. The van der Waals surface area contributed by atoms with Gasteiger partial charge in [0.15, 0.2) is 0 Å². The number of allylic oxidation sites excluding steroid dienone is 2. The molecule has 1 aliphatic carbocycles. The number of thioether (sulfide) groups is 1. The van der Waals surface area contributed by atoms with E-state index in [0.29, 0.717) is 0 Å². The maximum atomic E-state index is 13.5. The molecule has 0 spiro atoms. The third-order valence-electron chi connectivity index (χ3n) is 6.40. The van der Waals surface area contributed by atoms with Crippen molar-refractivity contribution in [2.45, 2.75) is 23.8 Å². The molecule has 0 aromatic heterocycles. The Morgan fingerprint density at radius 1 is 0.769 bits per heavy atom. The number of benzene rings is 3. The molecule has 1 aliphatic rings. The fourth-order valence-corrected chi connectivity index (χ4v) is 5.65. The van der Waals surface area contributed by atoms with Gasteiger partial charge >= 0.3 is 5.97 Å². The highest BCUT2D eigenvalue weighted by atomic mass is 32.2. The lowest BCUT2D eigenvalue weighted by atomic mass is 10.0. The summed E-state index contributed by atoms with van der Waals surface area (Å²) in [6, 6.07) is 27.8. The number of carbonyl (C=O) groups is 3. The molecule has 200 valence electrons. The van der Waals surface area contributed by atoms with Crippen LogP contribution in [0.5, 0.6) is 0 Å². The van der Waals surface area contributed by atoms with Crippen LogP contribution in [-0.4, -0.2) is 42.7 Å². The van der Waals surface area contributed by atoms with Gasteiger partial charge in [-0.15, -0.1) is 11.8 Å². The quantitative estimate of drug-likeness (QED) is 0.327. The van der Waals surface area contributed by atoms with E-state index in [1.807, 2.05) is 91.0 Å². The molecule has 7 heteroatoms. The average molecular weight is 541 g/mol. The van der Waals surface area contributed by atoms with E-state index in [0.717, 1.165) is 16.7 Å². The minimum absolute atomic E-state index is 0.0442. The van der Waals surface area contributed by atoms with Gasteiger partial charge in [0.2, 0.25) is 11.8 Å². The number of nitrogens with one attached hydrogen (secondary N) is 2. The summed E-state index contributed by atoms with van der Waals surface area (Å²) in [5.41, 5.74) is 3.08. The number of amides is 2. The second kappa shape index (κ2) is 14.2. The summed E-state index contributed by atoms with van der Waals surface area (Å²) in [6.07, 6.45) is 7.44. The van der Waals surface area contributed by atoms with Crippen LogP contribution in [0.3, 0.4) is 0 Å². The van der Waals surface area contributed by atoms with E-state index in [2.05, 4.69) is 10.6 Å². The van der Waals surface area contributed by atoms with Gasteiger partial charge < -0.3 is 15.4 Å². The van der Waals surface area contributed by atoms with Crippen molar-refractivity contribution in [1.29, 1.82) is 0 Å². The molecular weight excluding hydrogens is 508 g/mol. The predicted octanol–water partition coefficient (Wildman–Crippen LogP) is 4.64. The summed E-state index contributed by atoms with van der Waals surface area (Å²) < 4.78 is 5.04. The molecule has 0 radical (unpaired) electrons. The zero-order chi connectivity index (χ0) is 27.5. The average Bonchev–Trinajstić information content (AvgIpc) is 3.53. The van der Waals surface area contributed by atoms with E-state index >= 15 is 0 Å². The van der Waals surface area contributed by atoms with Crippen LogP contribution in [-0.2, 0) is 25.5 Å². The first kappa shape index (κ1) is 27.9. The molecule has 0 unspecified atom stereocenters. The molecule has 4 rings (SSSR count). The molecule has 2 atom stereocenters. The third kappa shape index (κ3) is 7.94. The lowest BCUT2D eigenvalue weighted by Crippen LogP contribution is -2.54. The van der Waals surface area contributed by atoms with Gasteiger partial charge in [-0.2, -0.15) is 0 Å². The van der Waals surface area contributed by atoms with Crippen molar-refractivity contribution in [1.82, 2.24) is 10.6 Å². The Morgan fingerprint density at radius 2 is 1.31 bits per heavy atom. The van der Waals surface area contributed by atoms with E-state index in [9.17, 15) is 14.4 Å². The fourth-order valence-electron chi connectivity index (χ4n) is 4.35. The topological polar surface area (TPSA) is 84.5 Å². The standard InChI is InChI=1S/C32H32N2O4S/c1-38-32(37)28(22-39-29(24-15-7-3-8-16-24)25-17-9-4-10-18-25)34-31(36)27(21-23-13-5-2-6-14-23)33-30(35)26-19-11-12-20-26/h2-20,26-29H,21-22H2,1H3,(H,33,35)(H,34,36)/t27-,28-/m0/s1. The highest BCUT2D eigenvalue weighted by Gasteiger charge is 2.30. The highest BCUT2D eigenvalue weighted by molar-refractivity contribution is 7.99. The maximum Gasteiger partial charge on any atom is 0.329 e. The molecule has 0 aliphatic heterocycles. The Balaban J connectivity index is 1.51. The van der Waals surface area contributed by atoms with Crippen molar-refractivity contribution >= 4 is 29.5 Å². The van der Waals surface area contributed by atoms with Gasteiger partial charge in [0.05, 0.1) is 18.3 Å². The SMILES string of the molecule is COC(=O)[C@H](CSC(c1ccccc1)c1ccccc1)NC(=O)[C@H](Cc1ccccc1)NC(=O)C1C=CC=C1. The maximum absolute atomic E-state index is 13.5. The molecule has 0 heterocycles. The summed E-state index contributed by atoms with van der Waals surface area (Å²) >= 11 is 1.55. The molecular formula is C32H32N2O4S. The van der Waals surface area contributed by atoms with Gasteiger partial charge in [-0.25, -0.2) is 4.79 Å². The van der Waals surface area contributed by atoms with Crippen LogP contribution in [0.2, 0.25) is 0 Å². The van der Waals surface area contributed by atoms with Crippen molar-refractivity contribution in [3.8, 4) is 0 Å². The molecule has 2 amide bonds. The van der Waals surface area contributed by atoms with Crippen molar-refractivity contribution < 1.29 is 19.1 Å². The van der Waals surface area contributed by atoms with Gasteiger partial charge in [0.1, 0.15) is 12.1 Å². The van der Waals surface area contributed by atoms with Crippen LogP contribution in [0.25, 0.3) is 0 Å². The second-order valence-electron chi connectivity index (χ2n) is 9.17. The van der Waals surface area contributed by atoms with Gasteiger partial charge in [-0.1, -0.05) is 115 Å². The number of hydrogen-bond acceptors (Lipinski definition) is 5. The zero-order valence-corrected chi connectivity index (χ0v) is 22.6. The number of methoxy groups -OCH3 is 1. The molecule has 39 heavy (non-hydrogen) atoms. The largest absolute Gasteiger partial charge is 0.467 e. The van der Waals surface area contributed by atoms with Gasteiger partial charge in [0, 0.05) is 12.2 Å². The lowest BCUT2D eigenvalue weighted by molar-refractivity contribution is -0.144. The van der Waals surface area contributed by atoms with Crippen LogP contribution in [0.4, 0.5) is 0 Å². The minimum atomic E-state index is -0.899. The first-order valence-corrected chi connectivity index (χ1v) is 13.9. The van der Waals surface area contributed by atoms with E-state index in [4.69, 9.17) is 4.74 Å². The predicted molar refractivity (Wildman–Crippen MR) is 155 cm³/mol. The van der Waals surface area contributed by atoms with Crippen LogP contribution < -0.4 is 10.6 Å². The third-order valence-corrected chi connectivity index (χ3v) is 7.81. The van der Waals surface area contributed by atoms with Crippen molar-refractivity contribution in [2.24, 2.45) is 5.92 Å². The molecule has 6 nitrogen and oxygen atoms in total. The van der Waals surface area contributed by atoms with Gasteiger partial charge in [0.25, 0.3) is 0 Å². The molecule has 0 fully saturated rings. The number of rotatable bonds is 12. The summed E-state index contributed by atoms with van der Waals surface area (Å²) in [5, 5.41) is 5.69. The van der Waals surface area contributed by atoms with Crippen molar-refractivity contribution in [3.05, 3.63) is 132 Å². The van der Waals surface area contributed by atoms with Crippen LogP contribution >= 0.6 is 11.8 Å². The smallest absolute Gasteiger partial charge is 0.329 e. The molecule has 0 bridgehead atoms. The van der Waals surface area contributed by atoms with Gasteiger partial charge in [-0.05, 0) is 16.7 Å². The molecule has 0 saturated heterocycles. The molecule has 3 aromatic carbocycles. The van der Waals surface area contributed by atoms with E-state index < -0.39 is 29.9 Å². The number of ether oxygens (including phenoxy) is 1. The molecule has 2 N–H and O–H groups in total. The van der Waals surface area contributed by atoms with Crippen LogP contribution in [0.1, 0.15) is 21.9 Å². The highest BCUT2D eigenvalue weighted by Crippen LogP contribution is 2.35. The first-order chi connectivity index (χ1) is 19.0. The molecule has 0 saturated carbocycles. The van der Waals surface area contributed by atoms with Gasteiger partial charge in [-0.3, -0.25) is 9.59 Å².